The molecule has 0 unspecified atom stereocenters. The van der Waals surface area contributed by atoms with Gasteiger partial charge in [-0.3, -0.25) is 4.98 Å². The van der Waals surface area contributed by atoms with E-state index in [-0.39, 0.29) is 5.41 Å². The van der Waals surface area contributed by atoms with Gasteiger partial charge in [0.05, 0.1) is 13.8 Å². The first-order valence-corrected chi connectivity index (χ1v) is 13.5. The van der Waals surface area contributed by atoms with Crippen molar-refractivity contribution >= 4 is 35.2 Å². The average molecular weight is 388 g/mol. The molecule has 2 aromatic heterocycles. The number of rotatable bonds is 3. The fourth-order valence-corrected chi connectivity index (χ4v) is 5.54. The van der Waals surface area contributed by atoms with E-state index in [1.807, 2.05) is 12.3 Å². The van der Waals surface area contributed by atoms with Crippen LogP contribution < -0.4 is 5.19 Å². The number of fused-ring (bicyclic) bond motifs is 3. The Kier molecular flexibility index (Phi) is 4.46. The van der Waals surface area contributed by atoms with E-state index in [0.29, 0.717) is 0 Å². The number of aromatic nitrogens is 1. The van der Waals surface area contributed by atoms with E-state index in [2.05, 4.69) is 82.9 Å². The van der Waals surface area contributed by atoms with Crippen molar-refractivity contribution < 1.29 is 4.42 Å². The molecule has 144 valence electrons. The maximum atomic E-state index is 6.37. The molecule has 0 aliphatic rings. The highest BCUT2D eigenvalue weighted by molar-refractivity contribution is 6.90. The van der Waals surface area contributed by atoms with Gasteiger partial charge in [-0.2, -0.15) is 0 Å². The van der Waals surface area contributed by atoms with Gasteiger partial charge in [0.1, 0.15) is 11.2 Å². The van der Waals surface area contributed by atoms with Crippen LogP contribution in [-0.2, 0) is 6.42 Å². The van der Waals surface area contributed by atoms with Gasteiger partial charge in [0, 0.05) is 22.5 Å². The lowest BCUT2D eigenvalue weighted by atomic mass is 9.89. The van der Waals surface area contributed by atoms with Crippen molar-refractivity contribution in [3.63, 3.8) is 0 Å². The summed E-state index contributed by atoms with van der Waals surface area (Å²) in [5, 5.41) is 3.93. The highest BCUT2D eigenvalue weighted by Gasteiger charge is 2.24. The third-order valence-electron chi connectivity index (χ3n) is 5.17. The van der Waals surface area contributed by atoms with E-state index in [9.17, 15) is 0 Å². The van der Waals surface area contributed by atoms with Crippen LogP contribution in [0.15, 0.2) is 59.1 Å². The Bertz CT molecular complexity index is 1140. The first kappa shape index (κ1) is 18.9. The maximum Gasteiger partial charge on any atom is 0.144 e. The van der Waals surface area contributed by atoms with Gasteiger partial charge < -0.3 is 4.42 Å². The zero-order valence-electron chi connectivity index (χ0n) is 17.8. The van der Waals surface area contributed by atoms with Crippen molar-refractivity contribution in [2.75, 3.05) is 0 Å². The molecule has 0 amide bonds. The lowest BCUT2D eigenvalue weighted by molar-refractivity contribution is 0.411. The summed E-state index contributed by atoms with van der Waals surface area (Å²) in [6, 6.07) is 17.2. The van der Waals surface area contributed by atoms with Crippen LogP contribution in [-0.4, -0.2) is 13.1 Å². The van der Waals surface area contributed by atoms with Gasteiger partial charge in [-0.05, 0) is 40.8 Å². The van der Waals surface area contributed by atoms with Crippen molar-refractivity contribution in [2.24, 2.45) is 5.41 Å². The standard InChI is InChI=1S/C25H29NOSi/c1-25(2,3)15-17-11-13-20(26-16-17)18-12-14-22(28(4,5)6)23-19-9-7-8-10-21(19)27-24(18)23/h7-14,16H,15H2,1-6H3. The first-order chi connectivity index (χ1) is 13.1. The van der Waals surface area contributed by atoms with Crippen LogP contribution >= 0.6 is 0 Å². The summed E-state index contributed by atoms with van der Waals surface area (Å²) < 4.78 is 6.37. The molecule has 0 saturated heterocycles. The van der Waals surface area contributed by atoms with Gasteiger partial charge in [-0.1, -0.05) is 70.7 Å². The van der Waals surface area contributed by atoms with E-state index < -0.39 is 8.07 Å². The minimum atomic E-state index is -1.52. The number of para-hydroxylation sites is 1. The summed E-state index contributed by atoms with van der Waals surface area (Å²) in [4.78, 5) is 4.80. The Hall–Kier alpha value is -2.39. The molecule has 0 radical (unpaired) electrons. The van der Waals surface area contributed by atoms with Crippen molar-refractivity contribution in [1.82, 2.24) is 4.98 Å². The summed E-state index contributed by atoms with van der Waals surface area (Å²) in [7, 11) is -1.52. The second-order valence-corrected chi connectivity index (χ2v) is 15.0. The van der Waals surface area contributed by atoms with Crippen molar-refractivity contribution in [2.45, 2.75) is 46.8 Å². The second-order valence-electron chi connectivity index (χ2n) is 10.0. The number of hydrogen-bond acceptors (Lipinski definition) is 2. The number of benzene rings is 2. The quantitative estimate of drug-likeness (QED) is 0.362. The lowest BCUT2D eigenvalue weighted by Crippen LogP contribution is -2.37. The molecular weight excluding hydrogens is 358 g/mol. The van der Waals surface area contributed by atoms with Crippen LogP contribution in [0.5, 0.6) is 0 Å². The van der Waals surface area contributed by atoms with Gasteiger partial charge >= 0.3 is 0 Å². The van der Waals surface area contributed by atoms with E-state index in [1.54, 1.807) is 0 Å². The molecule has 0 aliphatic carbocycles. The topological polar surface area (TPSA) is 26.0 Å². The molecular formula is C25H29NOSi. The molecule has 28 heavy (non-hydrogen) atoms. The summed E-state index contributed by atoms with van der Waals surface area (Å²) in [6.07, 6.45) is 3.04. The van der Waals surface area contributed by atoms with Crippen LogP contribution in [0.25, 0.3) is 33.2 Å². The summed E-state index contributed by atoms with van der Waals surface area (Å²) in [6.45, 7) is 13.9. The number of hydrogen-bond donors (Lipinski definition) is 0. The summed E-state index contributed by atoms with van der Waals surface area (Å²) in [5.74, 6) is 0. The first-order valence-electron chi connectivity index (χ1n) is 10.0. The van der Waals surface area contributed by atoms with E-state index in [1.165, 1.54) is 21.5 Å². The monoisotopic (exact) mass is 387 g/mol. The van der Waals surface area contributed by atoms with Crippen LogP contribution in [0, 0.1) is 5.41 Å². The number of nitrogens with zero attached hydrogens (tertiary/aromatic N) is 1. The molecule has 0 saturated carbocycles. The minimum absolute atomic E-state index is 0.258. The molecule has 0 bridgehead atoms. The highest BCUT2D eigenvalue weighted by atomic mass is 28.3. The molecule has 4 aromatic rings. The SMILES string of the molecule is CC(C)(C)Cc1ccc(-c2ccc([Si](C)(C)C)c3c2oc2ccccc23)nc1. The molecule has 3 heteroatoms. The lowest BCUT2D eigenvalue weighted by Gasteiger charge is -2.19. The molecule has 0 aliphatic heterocycles. The third kappa shape index (κ3) is 3.51. The van der Waals surface area contributed by atoms with E-state index >= 15 is 0 Å². The Morgan fingerprint density at radius 2 is 1.68 bits per heavy atom. The molecule has 2 aromatic carbocycles. The van der Waals surface area contributed by atoms with Gasteiger partial charge in [-0.25, -0.2) is 0 Å². The molecule has 2 heterocycles. The molecule has 4 rings (SSSR count). The molecule has 0 atom stereocenters. The Balaban J connectivity index is 1.91. The second kappa shape index (κ2) is 6.59. The smallest absolute Gasteiger partial charge is 0.144 e. The molecule has 0 N–H and O–H groups in total. The minimum Gasteiger partial charge on any atom is -0.455 e. The molecule has 0 fully saturated rings. The zero-order chi connectivity index (χ0) is 20.1. The predicted octanol–water partition coefficient (Wildman–Crippen LogP) is 6.78. The highest BCUT2D eigenvalue weighted by Crippen LogP contribution is 2.35. The van der Waals surface area contributed by atoms with Crippen molar-refractivity contribution in [3.8, 4) is 11.3 Å². The average Bonchev–Trinajstić information content (AvgIpc) is 2.99. The Morgan fingerprint density at radius 3 is 2.32 bits per heavy atom. The normalized spacial score (nSPS) is 12.8. The van der Waals surface area contributed by atoms with Gasteiger partial charge in [0.25, 0.3) is 0 Å². The maximum absolute atomic E-state index is 6.37. The van der Waals surface area contributed by atoms with Crippen LogP contribution in [0.1, 0.15) is 26.3 Å². The summed E-state index contributed by atoms with van der Waals surface area (Å²) in [5.41, 5.74) is 5.51. The van der Waals surface area contributed by atoms with E-state index in [0.717, 1.165) is 28.8 Å². The van der Waals surface area contributed by atoms with Crippen molar-refractivity contribution in [1.29, 1.82) is 0 Å². The number of furan rings is 1. The fraction of sp³-hybridized carbons (Fsp3) is 0.320. The van der Waals surface area contributed by atoms with Gasteiger partial charge in [0.15, 0.2) is 0 Å². The zero-order valence-corrected chi connectivity index (χ0v) is 18.8. The molecule has 0 spiro atoms. The Morgan fingerprint density at radius 1 is 0.929 bits per heavy atom. The molecule has 2 nitrogen and oxygen atoms in total. The number of pyridine rings is 1. The van der Waals surface area contributed by atoms with Gasteiger partial charge in [-0.15, -0.1) is 0 Å². The van der Waals surface area contributed by atoms with E-state index in [4.69, 9.17) is 9.40 Å². The van der Waals surface area contributed by atoms with Crippen molar-refractivity contribution in [3.05, 3.63) is 60.3 Å². The fourth-order valence-electron chi connectivity index (χ4n) is 3.96. The Labute approximate surface area is 168 Å². The largest absolute Gasteiger partial charge is 0.455 e. The van der Waals surface area contributed by atoms with Gasteiger partial charge in [0.2, 0.25) is 0 Å². The van der Waals surface area contributed by atoms with Crippen LogP contribution in [0.2, 0.25) is 19.6 Å². The summed E-state index contributed by atoms with van der Waals surface area (Å²) >= 11 is 0. The van der Waals surface area contributed by atoms with Crippen LogP contribution in [0.3, 0.4) is 0 Å². The predicted molar refractivity (Wildman–Crippen MR) is 123 cm³/mol. The third-order valence-corrected chi connectivity index (χ3v) is 7.20. The van der Waals surface area contributed by atoms with Crippen LogP contribution in [0.4, 0.5) is 0 Å².